The first-order chi connectivity index (χ1) is 9.66. The predicted molar refractivity (Wildman–Crippen MR) is 72.8 cm³/mol. The van der Waals surface area contributed by atoms with Gasteiger partial charge in [-0.15, -0.1) is 0 Å². The van der Waals surface area contributed by atoms with Crippen LogP contribution >= 0.6 is 0 Å². The molecule has 0 N–H and O–H groups in total. The van der Waals surface area contributed by atoms with Crippen LogP contribution < -0.4 is 0 Å². The van der Waals surface area contributed by atoms with E-state index in [-0.39, 0.29) is 11.3 Å². The Hall–Kier alpha value is -2.03. The molecule has 1 aliphatic carbocycles. The van der Waals surface area contributed by atoms with Gasteiger partial charge in [-0.25, -0.2) is 8.78 Å². The maximum absolute atomic E-state index is 13.3. The molecule has 102 valence electrons. The summed E-state index contributed by atoms with van der Waals surface area (Å²) in [4.78, 5) is 12.5. The first-order valence-electron chi connectivity index (χ1n) is 6.75. The summed E-state index contributed by atoms with van der Waals surface area (Å²) in [5.74, 6) is -1.75. The highest BCUT2D eigenvalue weighted by Gasteiger charge is 2.24. The van der Waals surface area contributed by atoms with Crippen molar-refractivity contribution in [3.05, 3.63) is 70.8 Å². The minimum atomic E-state index is -0.989. The maximum atomic E-state index is 13.3. The number of carbonyl (C=O) groups is 1. The molecule has 0 saturated heterocycles. The molecule has 0 atom stereocenters. The van der Waals surface area contributed by atoms with Crippen molar-refractivity contribution in [3.8, 4) is 0 Å². The summed E-state index contributed by atoms with van der Waals surface area (Å²) >= 11 is 0. The molecular weight excluding hydrogens is 258 g/mol. The van der Waals surface area contributed by atoms with Crippen molar-refractivity contribution in [1.29, 1.82) is 0 Å². The van der Waals surface area contributed by atoms with E-state index in [2.05, 4.69) is 0 Å². The van der Waals surface area contributed by atoms with Gasteiger partial charge in [-0.1, -0.05) is 30.7 Å². The zero-order valence-electron chi connectivity index (χ0n) is 10.9. The molecule has 0 bridgehead atoms. The van der Waals surface area contributed by atoms with Crippen LogP contribution in [0.15, 0.2) is 42.5 Å². The lowest BCUT2D eigenvalue weighted by molar-refractivity contribution is 0.103. The first kappa shape index (κ1) is 13.0. The van der Waals surface area contributed by atoms with Crippen LogP contribution in [-0.4, -0.2) is 5.78 Å². The zero-order valence-corrected chi connectivity index (χ0v) is 10.9. The van der Waals surface area contributed by atoms with Crippen LogP contribution in [0, 0.1) is 11.6 Å². The average Bonchev–Trinajstić information content (AvgIpc) is 2.40. The van der Waals surface area contributed by atoms with Crippen LogP contribution in [-0.2, 0) is 0 Å². The van der Waals surface area contributed by atoms with Gasteiger partial charge in [0.15, 0.2) is 17.4 Å². The van der Waals surface area contributed by atoms with Crippen molar-refractivity contribution in [2.45, 2.75) is 25.2 Å². The molecule has 20 heavy (non-hydrogen) atoms. The van der Waals surface area contributed by atoms with E-state index >= 15 is 0 Å². The van der Waals surface area contributed by atoms with E-state index in [9.17, 15) is 13.6 Å². The highest BCUT2D eigenvalue weighted by Crippen LogP contribution is 2.38. The van der Waals surface area contributed by atoms with Crippen molar-refractivity contribution in [3.63, 3.8) is 0 Å². The molecule has 2 aromatic carbocycles. The third kappa shape index (κ3) is 2.24. The summed E-state index contributed by atoms with van der Waals surface area (Å²) in [6.45, 7) is 0. The van der Waals surface area contributed by atoms with Crippen LogP contribution in [0.5, 0.6) is 0 Å². The normalized spacial score (nSPS) is 14.9. The first-order valence-corrected chi connectivity index (χ1v) is 6.75. The molecule has 3 rings (SSSR count). The van der Waals surface area contributed by atoms with Crippen LogP contribution in [0.4, 0.5) is 8.78 Å². The minimum absolute atomic E-state index is 0.190. The predicted octanol–water partition coefficient (Wildman–Crippen LogP) is 4.46. The van der Waals surface area contributed by atoms with Crippen LogP contribution in [0.2, 0.25) is 0 Å². The Morgan fingerprint density at radius 3 is 2.40 bits per heavy atom. The number of ketones is 1. The van der Waals surface area contributed by atoms with Gasteiger partial charge in [0, 0.05) is 11.1 Å². The molecule has 0 spiro atoms. The van der Waals surface area contributed by atoms with Gasteiger partial charge in [0.2, 0.25) is 0 Å². The molecule has 0 aliphatic heterocycles. The Labute approximate surface area is 116 Å². The van der Waals surface area contributed by atoms with Crippen molar-refractivity contribution < 1.29 is 13.6 Å². The molecule has 0 amide bonds. The van der Waals surface area contributed by atoms with Crippen LogP contribution in [0.1, 0.15) is 46.7 Å². The second kappa shape index (κ2) is 5.16. The topological polar surface area (TPSA) is 17.1 Å². The van der Waals surface area contributed by atoms with E-state index in [1.807, 2.05) is 12.1 Å². The Kier molecular flexibility index (Phi) is 3.35. The molecule has 2 aromatic rings. The van der Waals surface area contributed by atoms with Gasteiger partial charge < -0.3 is 0 Å². The second-order valence-corrected chi connectivity index (χ2v) is 5.17. The van der Waals surface area contributed by atoms with Gasteiger partial charge >= 0.3 is 0 Å². The standard InChI is InChI=1S/C17H14F2O/c18-15-9-8-12(10-16(15)19)17(20)14-7-2-1-6-13(14)11-4-3-5-11/h1-2,6-11H,3-5H2. The number of hydrogen-bond acceptors (Lipinski definition) is 1. The van der Waals surface area contributed by atoms with Gasteiger partial charge in [0.05, 0.1) is 0 Å². The fourth-order valence-corrected chi connectivity index (χ4v) is 2.57. The highest BCUT2D eigenvalue weighted by molar-refractivity contribution is 6.10. The number of rotatable bonds is 3. The third-order valence-corrected chi connectivity index (χ3v) is 3.93. The molecule has 0 unspecified atom stereocenters. The number of halogens is 2. The van der Waals surface area contributed by atoms with Gasteiger partial charge in [0.1, 0.15) is 0 Å². The summed E-state index contributed by atoms with van der Waals surface area (Å²) in [5.41, 5.74) is 1.81. The molecule has 1 aliphatic rings. The molecule has 1 fully saturated rings. The van der Waals surface area contributed by atoms with E-state index in [0.717, 1.165) is 30.5 Å². The smallest absolute Gasteiger partial charge is 0.193 e. The van der Waals surface area contributed by atoms with Gasteiger partial charge in [-0.3, -0.25) is 4.79 Å². The quantitative estimate of drug-likeness (QED) is 0.754. The summed E-state index contributed by atoms with van der Waals surface area (Å²) in [5, 5.41) is 0. The third-order valence-electron chi connectivity index (χ3n) is 3.93. The van der Waals surface area contributed by atoms with Crippen molar-refractivity contribution >= 4 is 5.78 Å². The Balaban J connectivity index is 1.99. The van der Waals surface area contributed by atoms with E-state index in [1.165, 1.54) is 12.5 Å². The van der Waals surface area contributed by atoms with Crippen LogP contribution in [0.25, 0.3) is 0 Å². The summed E-state index contributed by atoms with van der Waals surface area (Å²) in [6.07, 6.45) is 3.35. The summed E-state index contributed by atoms with van der Waals surface area (Å²) < 4.78 is 26.2. The Morgan fingerprint density at radius 2 is 1.75 bits per heavy atom. The zero-order chi connectivity index (χ0) is 14.1. The molecule has 0 radical (unpaired) electrons. The van der Waals surface area contributed by atoms with E-state index < -0.39 is 11.6 Å². The lowest BCUT2D eigenvalue weighted by Gasteiger charge is -2.27. The number of hydrogen-bond donors (Lipinski definition) is 0. The lowest BCUT2D eigenvalue weighted by Crippen LogP contribution is -2.14. The molecule has 1 saturated carbocycles. The largest absolute Gasteiger partial charge is 0.289 e. The van der Waals surface area contributed by atoms with Gasteiger partial charge in [-0.05, 0) is 42.5 Å². The summed E-state index contributed by atoms with van der Waals surface area (Å²) in [7, 11) is 0. The van der Waals surface area contributed by atoms with Crippen molar-refractivity contribution in [1.82, 2.24) is 0 Å². The number of benzene rings is 2. The van der Waals surface area contributed by atoms with Crippen molar-refractivity contribution in [2.75, 3.05) is 0 Å². The van der Waals surface area contributed by atoms with Gasteiger partial charge in [-0.2, -0.15) is 0 Å². The molecule has 3 heteroatoms. The fraction of sp³-hybridized carbons (Fsp3) is 0.235. The summed E-state index contributed by atoms with van der Waals surface area (Å²) in [6, 6.07) is 10.7. The lowest BCUT2D eigenvalue weighted by atomic mass is 9.77. The van der Waals surface area contributed by atoms with E-state index in [4.69, 9.17) is 0 Å². The maximum Gasteiger partial charge on any atom is 0.193 e. The molecule has 0 aromatic heterocycles. The Bertz CT molecular complexity index is 660. The molecule has 1 nitrogen and oxygen atoms in total. The second-order valence-electron chi connectivity index (χ2n) is 5.17. The van der Waals surface area contributed by atoms with Crippen molar-refractivity contribution in [2.24, 2.45) is 0 Å². The minimum Gasteiger partial charge on any atom is -0.289 e. The fourth-order valence-electron chi connectivity index (χ4n) is 2.57. The number of carbonyl (C=O) groups excluding carboxylic acids is 1. The molecule has 0 heterocycles. The van der Waals surface area contributed by atoms with E-state index in [0.29, 0.717) is 11.5 Å². The highest BCUT2D eigenvalue weighted by atomic mass is 19.2. The van der Waals surface area contributed by atoms with Crippen LogP contribution in [0.3, 0.4) is 0 Å². The van der Waals surface area contributed by atoms with Gasteiger partial charge in [0.25, 0.3) is 0 Å². The Morgan fingerprint density at radius 1 is 1.00 bits per heavy atom. The SMILES string of the molecule is O=C(c1ccc(F)c(F)c1)c1ccccc1C1CCC1. The average molecular weight is 272 g/mol. The monoisotopic (exact) mass is 272 g/mol. The van der Waals surface area contributed by atoms with E-state index in [1.54, 1.807) is 12.1 Å². The molecular formula is C17H14F2O.